The topological polar surface area (TPSA) is 80.8 Å². The number of carbonyl (C=O) groups excluding carboxylic acids is 2. The molecule has 2 aromatic carbocycles. The fourth-order valence-corrected chi connectivity index (χ4v) is 3.86. The Bertz CT molecular complexity index is 1110. The largest absolute Gasteiger partial charge is 0.482 e. The van der Waals surface area contributed by atoms with Gasteiger partial charge in [0.05, 0.1) is 17.9 Å². The molecule has 2 amide bonds. The maximum atomic E-state index is 12.6. The lowest BCUT2D eigenvalue weighted by Crippen LogP contribution is -2.38. The molecule has 0 aliphatic carbocycles. The van der Waals surface area contributed by atoms with Gasteiger partial charge in [0.15, 0.2) is 11.7 Å². The van der Waals surface area contributed by atoms with Crippen LogP contribution in [0.3, 0.4) is 0 Å². The Labute approximate surface area is 184 Å². The summed E-state index contributed by atoms with van der Waals surface area (Å²) in [6.07, 6.45) is -0.549. The van der Waals surface area contributed by atoms with Gasteiger partial charge in [0.1, 0.15) is 11.4 Å². The van der Waals surface area contributed by atoms with Gasteiger partial charge in [0.2, 0.25) is 0 Å². The Morgan fingerprint density at radius 3 is 2.74 bits per heavy atom. The minimum atomic E-state index is -0.586. The van der Waals surface area contributed by atoms with Gasteiger partial charge in [0.25, 0.3) is 5.91 Å². The van der Waals surface area contributed by atoms with Crippen molar-refractivity contribution in [1.82, 2.24) is 4.98 Å². The number of carbonyl (C=O) groups is 2. The summed E-state index contributed by atoms with van der Waals surface area (Å²) < 4.78 is 10.9. The zero-order valence-corrected chi connectivity index (χ0v) is 18.4. The van der Waals surface area contributed by atoms with E-state index in [1.807, 2.05) is 53.9 Å². The zero-order valence-electron chi connectivity index (χ0n) is 17.5. The van der Waals surface area contributed by atoms with Crippen LogP contribution >= 0.6 is 11.3 Å². The molecular weight excluding hydrogens is 414 g/mol. The molecule has 31 heavy (non-hydrogen) atoms. The van der Waals surface area contributed by atoms with Gasteiger partial charge in [-0.2, -0.15) is 0 Å². The Morgan fingerprint density at radius 2 is 2.00 bits per heavy atom. The summed E-state index contributed by atoms with van der Waals surface area (Å²) >= 11 is 1.31. The van der Waals surface area contributed by atoms with Gasteiger partial charge in [-0.3, -0.25) is 10.1 Å². The highest BCUT2D eigenvalue weighted by Crippen LogP contribution is 2.37. The molecule has 0 atom stereocenters. The molecule has 0 bridgehead atoms. The summed E-state index contributed by atoms with van der Waals surface area (Å²) in [5, 5.41) is 4.95. The smallest absolute Gasteiger partial charge is 0.413 e. The Morgan fingerprint density at radius 1 is 1.23 bits per heavy atom. The molecule has 0 spiro atoms. The minimum Gasteiger partial charge on any atom is -0.482 e. The molecule has 7 nitrogen and oxygen atoms in total. The number of aromatic nitrogens is 1. The molecule has 0 radical (unpaired) electrons. The van der Waals surface area contributed by atoms with Gasteiger partial charge in [-0.05, 0) is 44.5 Å². The number of benzene rings is 2. The van der Waals surface area contributed by atoms with E-state index in [2.05, 4.69) is 10.3 Å². The second-order valence-corrected chi connectivity index (χ2v) is 8.96. The van der Waals surface area contributed by atoms with Crippen LogP contribution in [0.25, 0.3) is 11.3 Å². The first kappa shape index (κ1) is 20.9. The average Bonchev–Trinajstić information content (AvgIpc) is 3.17. The number of nitrogens with zero attached hydrogens (tertiary/aromatic N) is 2. The lowest BCUT2D eigenvalue weighted by molar-refractivity contribution is -0.121. The van der Waals surface area contributed by atoms with Crippen molar-refractivity contribution in [3.63, 3.8) is 0 Å². The summed E-state index contributed by atoms with van der Waals surface area (Å²) in [5.74, 6) is 0.556. The molecule has 2 heterocycles. The van der Waals surface area contributed by atoms with Crippen LogP contribution in [-0.2, 0) is 16.1 Å². The number of hydrogen-bond donors (Lipinski definition) is 1. The van der Waals surface area contributed by atoms with E-state index in [1.165, 1.54) is 11.3 Å². The third kappa shape index (κ3) is 5.03. The first-order valence-corrected chi connectivity index (χ1v) is 10.7. The highest BCUT2D eigenvalue weighted by molar-refractivity contribution is 7.14. The quantitative estimate of drug-likeness (QED) is 0.615. The van der Waals surface area contributed by atoms with Crippen molar-refractivity contribution >= 4 is 34.2 Å². The van der Waals surface area contributed by atoms with Gasteiger partial charge in [-0.15, -0.1) is 11.3 Å². The van der Waals surface area contributed by atoms with Crippen LogP contribution in [0, 0.1) is 0 Å². The number of anilines is 2. The molecule has 0 saturated heterocycles. The van der Waals surface area contributed by atoms with E-state index in [0.29, 0.717) is 28.8 Å². The summed E-state index contributed by atoms with van der Waals surface area (Å²) in [7, 11) is 0. The first-order valence-electron chi connectivity index (χ1n) is 9.85. The molecule has 160 valence electrons. The second-order valence-electron chi connectivity index (χ2n) is 8.10. The fraction of sp³-hybridized carbons (Fsp3) is 0.261. The fourth-order valence-electron chi connectivity index (χ4n) is 3.16. The van der Waals surface area contributed by atoms with E-state index >= 15 is 0 Å². The number of thiazole rings is 1. The van der Waals surface area contributed by atoms with Crippen LogP contribution in [0.5, 0.6) is 5.75 Å². The van der Waals surface area contributed by atoms with E-state index in [4.69, 9.17) is 9.47 Å². The van der Waals surface area contributed by atoms with Gasteiger partial charge < -0.3 is 14.4 Å². The molecule has 0 unspecified atom stereocenters. The molecule has 0 saturated carbocycles. The third-order valence-corrected chi connectivity index (χ3v) is 5.25. The molecule has 1 aliphatic heterocycles. The van der Waals surface area contributed by atoms with Crippen molar-refractivity contribution in [2.45, 2.75) is 32.9 Å². The van der Waals surface area contributed by atoms with Crippen molar-refractivity contribution in [2.75, 3.05) is 16.8 Å². The van der Waals surface area contributed by atoms with Crippen LogP contribution in [0.2, 0.25) is 0 Å². The predicted octanol–water partition coefficient (Wildman–Crippen LogP) is 5.08. The molecule has 0 fully saturated rings. The Hall–Kier alpha value is -3.39. The number of nitrogens with one attached hydrogen (secondary N) is 1. The number of ether oxygens (including phenoxy) is 2. The Kier molecular flexibility index (Phi) is 5.65. The lowest BCUT2D eigenvalue weighted by Gasteiger charge is -2.29. The highest BCUT2D eigenvalue weighted by atomic mass is 32.1. The number of hydrogen-bond acceptors (Lipinski definition) is 6. The average molecular weight is 438 g/mol. The summed E-state index contributed by atoms with van der Waals surface area (Å²) in [6, 6.07) is 15.4. The van der Waals surface area contributed by atoms with Crippen molar-refractivity contribution in [1.29, 1.82) is 0 Å². The summed E-state index contributed by atoms with van der Waals surface area (Å²) in [6.45, 7) is 5.88. The Balaban J connectivity index is 1.57. The van der Waals surface area contributed by atoms with Gasteiger partial charge in [-0.25, -0.2) is 9.78 Å². The van der Waals surface area contributed by atoms with Gasteiger partial charge >= 0.3 is 6.09 Å². The lowest BCUT2D eigenvalue weighted by atomic mass is 10.1. The first-order chi connectivity index (χ1) is 14.8. The molecule has 1 aromatic heterocycles. The zero-order chi connectivity index (χ0) is 22.0. The normalized spacial score (nSPS) is 13.4. The van der Waals surface area contributed by atoms with Crippen molar-refractivity contribution in [2.24, 2.45) is 0 Å². The van der Waals surface area contributed by atoms with E-state index in [1.54, 1.807) is 25.7 Å². The maximum absolute atomic E-state index is 12.6. The van der Waals surface area contributed by atoms with E-state index in [-0.39, 0.29) is 12.5 Å². The van der Waals surface area contributed by atoms with E-state index in [9.17, 15) is 9.59 Å². The van der Waals surface area contributed by atoms with E-state index < -0.39 is 11.7 Å². The van der Waals surface area contributed by atoms with Crippen LogP contribution in [-0.4, -0.2) is 29.2 Å². The molecule has 1 aliphatic rings. The van der Waals surface area contributed by atoms with Crippen LogP contribution < -0.4 is 15.0 Å². The van der Waals surface area contributed by atoms with Gasteiger partial charge in [0, 0.05) is 10.9 Å². The summed E-state index contributed by atoms with van der Waals surface area (Å²) in [5.41, 5.74) is 2.66. The molecule has 3 aromatic rings. The SMILES string of the molecule is CC(C)(C)OC(=O)Nc1nc(-c2ccc3c(c2)N(Cc2ccccc2)C(=O)CO3)cs1. The molecular formula is C23H23N3O4S. The van der Waals surface area contributed by atoms with Crippen molar-refractivity contribution < 1.29 is 19.1 Å². The maximum Gasteiger partial charge on any atom is 0.413 e. The monoisotopic (exact) mass is 437 g/mol. The van der Waals surface area contributed by atoms with Crippen LogP contribution in [0.15, 0.2) is 53.9 Å². The number of fused-ring (bicyclic) bond motifs is 1. The highest BCUT2D eigenvalue weighted by Gasteiger charge is 2.26. The standard InChI is InChI=1S/C23H23N3O4S/c1-23(2,3)30-22(28)25-21-24-17(14-31-21)16-9-10-19-18(11-16)26(20(27)13-29-19)12-15-7-5-4-6-8-15/h4-11,14H,12-13H2,1-3H3,(H,24,25,28). The van der Waals surface area contributed by atoms with E-state index in [0.717, 1.165) is 11.1 Å². The third-order valence-electron chi connectivity index (χ3n) is 4.49. The van der Waals surface area contributed by atoms with Crippen molar-refractivity contribution in [3.05, 3.63) is 59.5 Å². The predicted molar refractivity (Wildman–Crippen MR) is 121 cm³/mol. The van der Waals surface area contributed by atoms with Crippen LogP contribution in [0.1, 0.15) is 26.3 Å². The number of rotatable bonds is 4. The molecule has 1 N–H and O–H groups in total. The molecule has 8 heteroatoms. The number of amides is 2. The van der Waals surface area contributed by atoms with Gasteiger partial charge in [-0.1, -0.05) is 30.3 Å². The second kappa shape index (κ2) is 8.39. The molecule has 4 rings (SSSR count). The minimum absolute atomic E-state index is 0.0137. The van der Waals surface area contributed by atoms with Crippen LogP contribution in [0.4, 0.5) is 15.6 Å². The summed E-state index contributed by atoms with van der Waals surface area (Å²) in [4.78, 5) is 30.8. The van der Waals surface area contributed by atoms with Crippen molar-refractivity contribution in [3.8, 4) is 17.0 Å².